The third kappa shape index (κ3) is 3.07. The van der Waals surface area contributed by atoms with Crippen LogP contribution in [0, 0.1) is 0 Å². The molecule has 1 aromatic heterocycles. The van der Waals surface area contributed by atoms with Crippen LogP contribution >= 0.6 is 23.2 Å². The van der Waals surface area contributed by atoms with Crippen molar-refractivity contribution in [2.45, 2.75) is 25.3 Å². The zero-order valence-corrected chi connectivity index (χ0v) is 12.7. The minimum absolute atomic E-state index is 0.145. The summed E-state index contributed by atoms with van der Waals surface area (Å²) in [5.41, 5.74) is 0.721. The number of para-hydroxylation sites is 1. The normalized spacial score (nSPS) is 11.8. The summed E-state index contributed by atoms with van der Waals surface area (Å²) in [4.78, 5) is 12.1. The van der Waals surface area contributed by atoms with Gasteiger partial charge in [0.25, 0.3) is 0 Å². The van der Waals surface area contributed by atoms with Gasteiger partial charge in [-0.05, 0) is 18.6 Å². The van der Waals surface area contributed by atoms with E-state index < -0.39 is 5.54 Å². The Labute approximate surface area is 127 Å². The first kappa shape index (κ1) is 15.1. The number of amides is 1. The Hall–Kier alpha value is -1.26. The average molecular weight is 315 g/mol. The topological polar surface area (TPSA) is 55.1 Å². The quantitative estimate of drug-likeness (QED) is 0.833. The highest BCUT2D eigenvalue weighted by Gasteiger charge is 2.28. The number of halogens is 2. The number of fused-ring (bicyclic) bond motifs is 1. The molecule has 2 rings (SSSR count). The first-order valence-corrected chi connectivity index (χ1v) is 7.47. The first-order valence-electron chi connectivity index (χ1n) is 6.40. The molecule has 0 spiro atoms. The molecule has 0 atom stereocenters. The van der Waals surface area contributed by atoms with Crippen LogP contribution in [0.2, 0.25) is 0 Å². The monoisotopic (exact) mass is 314 g/mol. The molecule has 0 saturated carbocycles. The molecule has 0 radical (unpaired) electrons. The number of benzene rings is 1. The number of aromatic nitrogens is 1. The van der Waals surface area contributed by atoms with E-state index in [1.807, 2.05) is 31.2 Å². The van der Waals surface area contributed by atoms with Crippen molar-refractivity contribution in [1.82, 2.24) is 10.5 Å². The summed E-state index contributed by atoms with van der Waals surface area (Å²) in [6.07, 6.45) is 0.817. The Kier molecular flexibility index (Phi) is 4.89. The van der Waals surface area contributed by atoms with Gasteiger partial charge in [-0.25, -0.2) is 0 Å². The first-order chi connectivity index (χ1) is 9.64. The van der Waals surface area contributed by atoms with Crippen LogP contribution in [0.15, 0.2) is 28.8 Å². The molecule has 0 aliphatic heterocycles. The Bertz CT molecular complexity index is 585. The molecule has 108 valence electrons. The van der Waals surface area contributed by atoms with E-state index in [9.17, 15) is 4.79 Å². The summed E-state index contributed by atoms with van der Waals surface area (Å²) in [5.74, 6) is 0.392. The summed E-state index contributed by atoms with van der Waals surface area (Å²) in [6.45, 7) is 1.94. The van der Waals surface area contributed by atoms with Crippen LogP contribution in [-0.4, -0.2) is 28.4 Å². The van der Waals surface area contributed by atoms with Crippen LogP contribution in [0.25, 0.3) is 11.0 Å². The van der Waals surface area contributed by atoms with Gasteiger partial charge in [0.2, 0.25) is 5.91 Å². The van der Waals surface area contributed by atoms with Crippen molar-refractivity contribution in [3.8, 4) is 0 Å². The highest BCUT2D eigenvalue weighted by Crippen LogP contribution is 2.19. The number of nitrogens with one attached hydrogen (secondary N) is 1. The maximum Gasteiger partial charge on any atom is 0.226 e. The molecule has 0 fully saturated rings. The maximum absolute atomic E-state index is 12.1. The van der Waals surface area contributed by atoms with Crippen LogP contribution in [0.5, 0.6) is 0 Å². The molecule has 0 bridgehead atoms. The van der Waals surface area contributed by atoms with Crippen molar-refractivity contribution in [1.29, 1.82) is 0 Å². The van der Waals surface area contributed by atoms with Crippen LogP contribution in [0.3, 0.4) is 0 Å². The predicted molar refractivity (Wildman–Crippen MR) is 80.3 cm³/mol. The van der Waals surface area contributed by atoms with Crippen molar-refractivity contribution >= 4 is 40.1 Å². The van der Waals surface area contributed by atoms with Gasteiger partial charge in [-0.1, -0.05) is 24.2 Å². The van der Waals surface area contributed by atoms with Gasteiger partial charge in [-0.3, -0.25) is 4.79 Å². The molecular weight excluding hydrogens is 299 g/mol. The zero-order valence-electron chi connectivity index (χ0n) is 11.2. The number of alkyl halides is 2. The van der Waals surface area contributed by atoms with Crippen molar-refractivity contribution in [2.75, 3.05) is 11.8 Å². The van der Waals surface area contributed by atoms with Crippen molar-refractivity contribution in [3.63, 3.8) is 0 Å². The molecule has 0 unspecified atom stereocenters. The van der Waals surface area contributed by atoms with Gasteiger partial charge in [-0.2, -0.15) is 0 Å². The van der Waals surface area contributed by atoms with Gasteiger partial charge in [-0.15, -0.1) is 23.2 Å². The highest BCUT2D eigenvalue weighted by molar-refractivity contribution is 6.22. The second kappa shape index (κ2) is 6.46. The molecule has 0 saturated heterocycles. The van der Waals surface area contributed by atoms with Crippen LogP contribution in [-0.2, 0) is 11.2 Å². The molecule has 6 heteroatoms. The molecule has 1 aromatic carbocycles. The maximum atomic E-state index is 12.1. The summed E-state index contributed by atoms with van der Waals surface area (Å²) in [5, 5.41) is 7.69. The summed E-state index contributed by atoms with van der Waals surface area (Å²) in [6, 6.07) is 7.44. The minimum Gasteiger partial charge on any atom is -0.356 e. The Morgan fingerprint density at radius 1 is 1.35 bits per heavy atom. The second-order valence-corrected chi connectivity index (χ2v) is 5.29. The molecule has 1 N–H and O–H groups in total. The number of hydrogen-bond donors (Lipinski definition) is 1. The number of carbonyl (C=O) groups is 1. The van der Waals surface area contributed by atoms with E-state index >= 15 is 0 Å². The fourth-order valence-electron chi connectivity index (χ4n) is 1.94. The fourth-order valence-corrected chi connectivity index (χ4v) is 2.73. The molecule has 0 aliphatic carbocycles. The van der Waals surface area contributed by atoms with Crippen molar-refractivity contribution in [2.24, 2.45) is 0 Å². The second-order valence-electron chi connectivity index (χ2n) is 4.75. The van der Waals surface area contributed by atoms with Crippen molar-refractivity contribution in [3.05, 3.63) is 30.0 Å². The lowest BCUT2D eigenvalue weighted by atomic mass is 10.0. The summed E-state index contributed by atoms with van der Waals surface area (Å²) >= 11 is 11.8. The van der Waals surface area contributed by atoms with E-state index in [1.165, 1.54) is 0 Å². The SMILES string of the molecule is CCC(CCl)(CCl)NC(=O)Cc1noc2ccccc12. The highest BCUT2D eigenvalue weighted by atomic mass is 35.5. The standard InChI is InChI=1S/C14H16Cl2N2O2/c1-2-14(8-15,9-16)17-13(19)7-11-10-5-3-4-6-12(10)20-18-11/h3-6H,2,7-9H2,1H3,(H,17,19). The molecule has 4 nitrogen and oxygen atoms in total. The van der Waals surface area contributed by atoms with E-state index in [1.54, 1.807) is 0 Å². The Balaban J connectivity index is 2.12. The number of rotatable bonds is 6. The molecule has 0 aliphatic rings. The average Bonchev–Trinajstić information content (AvgIpc) is 2.88. The van der Waals surface area contributed by atoms with E-state index in [2.05, 4.69) is 10.5 Å². The Morgan fingerprint density at radius 2 is 2.05 bits per heavy atom. The van der Waals surface area contributed by atoms with Gasteiger partial charge in [0, 0.05) is 17.1 Å². The van der Waals surface area contributed by atoms with E-state index in [-0.39, 0.29) is 24.1 Å². The van der Waals surface area contributed by atoms with Crippen LogP contribution < -0.4 is 5.32 Å². The zero-order chi connectivity index (χ0) is 14.6. The van der Waals surface area contributed by atoms with Crippen LogP contribution in [0.4, 0.5) is 0 Å². The number of carbonyl (C=O) groups excluding carboxylic acids is 1. The molecule has 20 heavy (non-hydrogen) atoms. The molecular formula is C14H16Cl2N2O2. The third-order valence-corrected chi connectivity index (χ3v) is 4.40. The van der Waals surface area contributed by atoms with E-state index in [0.717, 1.165) is 5.39 Å². The smallest absolute Gasteiger partial charge is 0.226 e. The predicted octanol–water partition coefficient (Wildman–Crippen LogP) is 3.11. The van der Waals surface area contributed by atoms with Gasteiger partial charge in [0.05, 0.1) is 12.0 Å². The molecule has 1 heterocycles. The van der Waals surface area contributed by atoms with Crippen molar-refractivity contribution < 1.29 is 9.32 Å². The number of hydrogen-bond acceptors (Lipinski definition) is 3. The lowest BCUT2D eigenvalue weighted by Gasteiger charge is -2.29. The molecule has 1 amide bonds. The van der Waals surface area contributed by atoms with Gasteiger partial charge < -0.3 is 9.84 Å². The van der Waals surface area contributed by atoms with E-state index in [4.69, 9.17) is 27.7 Å². The fraction of sp³-hybridized carbons (Fsp3) is 0.429. The van der Waals surface area contributed by atoms with Gasteiger partial charge in [0.15, 0.2) is 5.58 Å². The largest absolute Gasteiger partial charge is 0.356 e. The minimum atomic E-state index is -0.570. The summed E-state index contributed by atoms with van der Waals surface area (Å²) < 4.78 is 5.18. The number of nitrogens with zero attached hydrogens (tertiary/aromatic N) is 1. The van der Waals surface area contributed by atoms with Gasteiger partial charge in [0.1, 0.15) is 5.69 Å². The van der Waals surface area contributed by atoms with Crippen LogP contribution in [0.1, 0.15) is 19.0 Å². The third-order valence-electron chi connectivity index (χ3n) is 3.37. The Morgan fingerprint density at radius 3 is 2.70 bits per heavy atom. The lowest BCUT2D eigenvalue weighted by Crippen LogP contribution is -2.51. The lowest BCUT2D eigenvalue weighted by molar-refractivity contribution is -0.122. The van der Waals surface area contributed by atoms with E-state index in [0.29, 0.717) is 17.7 Å². The van der Waals surface area contributed by atoms with Gasteiger partial charge >= 0.3 is 0 Å². The molecule has 2 aromatic rings. The summed E-state index contributed by atoms with van der Waals surface area (Å²) in [7, 11) is 0.